The van der Waals surface area contributed by atoms with Crippen molar-refractivity contribution < 1.29 is 0 Å². The molecule has 350 valence electrons. The van der Waals surface area contributed by atoms with E-state index < -0.39 is 0 Å². The number of para-hydroxylation sites is 5. The SMILES string of the molecule is c1ccc(-c2nc(-c3ccccc3)nc(-c3ccc(-c4ccc(-n5c6ccccc6c6ccccc65)c(-c5ccc6c(c5)c5ccc(-n7c8ccccc8c8ccccc87)cc5n6-c5ccccc5)c4)cc3)n2)cc1. The number of aromatic nitrogens is 6. The summed E-state index contributed by atoms with van der Waals surface area (Å²) in [6.45, 7) is 0. The molecule has 6 heteroatoms. The van der Waals surface area contributed by atoms with Crippen LogP contribution in [-0.4, -0.2) is 28.7 Å². The Morgan fingerprint density at radius 1 is 0.213 bits per heavy atom. The van der Waals surface area contributed by atoms with Crippen LogP contribution in [0.1, 0.15) is 0 Å². The van der Waals surface area contributed by atoms with Gasteiger partial charge in [0.15, 0.2) is 17.5 Å². The monoisotopic (exact) mass is 956 g/mol. The predicted octanol–water partition coefficient (Wildman–Crippen LogP) is 17.5. The third-order valence-electron chi connectivity index (χ3n) is 14.9. The Morgan fingerprint density at radius 2 is 0.613 bits per heavy atom. The van der Waals surface area contributed by atoms with Crippen molar-refractivity contribution in [3.8, 4) is 73.5 Å². The molecule has 0 N–H and O–H groups in total. The van der Waals surface area contributed by atoms with E-state index in [4.69, 9.17) is 15.0 Å². The maximum atomic E-state index is 5.03. The van der Waals surface area contributed by atoms with Crippen LogP contribution in [0.3, 0.4) is 0 Å². The zero-order chi connectivity index (χ0) is 49.4. The van der Waals surface area contributed by atoms with E-state index in [-0.39, 0.29) is 0 Å². The highest BCUT2D eigenvalue weighted by Gasteiger charge is 2.21. The van der Waals surface area contributed by atoms with Gasteiger partial charge < -0.3 is 13.7 Å². The van der Waals surface area contributed by atoms with E-state index in [0.717, 1.165) is 67.0 Å². The highest BCUT2D eigenvalue weighted by atomic mass is 15.0. The molecule has 6 nitrogen and oxygen atoms in total. The third kappa shape index (κ3) is 6.99. The lowest BCUT2D eigenvalue weighted by Gasteiger charge is -2.17. The van der Waals surface area contributed by atoms with Crippen LogP contribution in [0, 0.1) is 0 Å². The van der Waals surface area contributed by atoms with Gasteiger partial charge in [-0.1, -0.05) is 194 Å². The molecule has 75 heavy (non-hydrogen) atoms. The van der Waals surface area contributed by atoms with Crippen molar-refractivity contribution in [3.63, 3.8) is 0 Å². The molecule has 4 aromatic heterocycles. The van der Waals surface area contributed by atoms with Gasteiger partial charge >= 0.3 is 0 Å². The Balaban J connectivity index is 0.916. The molecule has 4 heterocycles. The Hall–Kier alpha value is -10.2. The lowest BCUT2D eigenvalue weighted by molar-refractivity contribution is 1.07. The van der Waals surface area contributed by atoms with Crippen molar-refractivity contribution in [2.24, 2.45) is 0 Å². The quantitative estimate of drug-likeness (QED) is 0.152. The minimum absolute atomic E-state index is 0.627. The molecule has 0 saturated heterocycles. The summed E-state index contributed by atoms with van der Waals surface area (Å²) in [5, 5.41) is 7.32. The molecule has 15 rings (SSSR count). The second-order valence-electron chi connectivity index (χ2n) is 19.2. The number of nitrogens with zero attached hydrogens (tertiary/aromatic N) is 6. The molecular formula is C69H44N6. The summed E-state index contributed by atoms with van der Waals surface area (Å²) >= 11 is 0. The first kappa shape index (κ1) is 42.5. The molecule has 15 aromatic rings. The van der Waals surface area contributed by atoms with E-state index in [0.29, 0.717) is 17.5 Å². The smallest absolute Gasteiger partial charge is 0.164 e. The molecule has 0 aliphatic heterocycles. The molecule has 0 atom stereocenters. The number of rotatable bonds is 8. The van der Waals surface area contributed by atoms with Crippen LogP contribution in [0.25, 0.3) is 139 Å². The van der Waals surface area contributed by atoms with Gasteiger partial charge in [-0.05, 0) is 89.5 Å². The van der Waals surface area contributed by atoms with Gasteiger partial charge in [0.1, 0.15) is 0 Å². The molecule has 0 radical (unpaired) electrons. The zero-order valence-corrected chi connectivity index (χ0v) is 40.6. The number of benzene rings is 11. The largest absolute Gasteiger partial charge is 0.309 e. The van der Waals surface area contributed by atoms with Gasteiger partial charge in [0.25, 0.3) is 0 Å². The van der Waals surface area contributed by atoms with Crippen LogP contribution >= 0.6 is 0 Å². The summed E-state index contributed by atoms with van der Waals surface area (Å²) < 4.78 is 7.28. The van der Waals surface area contributed by atoms with Gasteiger partial charge in [0.2, 0.25) is 0 Å². The minimum Gasteiger partial charge on any atom is -0.309 e. The first-order chi connectivity index (χ1) is 37.2. The molecule has 0 amide bonds. The average molecular weight is 957 g/mol. The Bertz CT molecular complexity index is 4520. The molecule has 0 fully saturated rings. The van der Waals surface area contributed by atoms with Crippen LogP contribution in [0.5, 0.6) is 0 Å². The van der Waals surface area contributed by atoms with Crippen LogP contribution in [0.15, 0.2) is 267 Å². The van der Waals surface area contributed by atoms with E-state index in [9.17, 15) is 0 Å². The normalized spacial score (nSPS) is 11.7. The molecule has 0 unspecified atom stereocenters. The van der Waals surface area contributed by atoms with E-state index >= 15 is 0 Å². The van der Waals surface area contributed by atoms with Crippen molar-refractivity contribution >= 4 is 65.4 Å². The number of hydrogen-bond acceptors (Lipinski definition) is 3. The third-order valence-corrected chi connectivity index (χ3v) is 14.9. The fourth-order valence-electron chi connectivity index (χ4n) is 11.4. The molecule has 0 spiro atoms. The lowest BCUT2D eigenvalue weighted by atomic mass is 9.95. The fourth-order valence-corrected chi connectivity index (χ4v) is 11.4. The van der Waals surface area contributed by atoms with E-state index in [2.05, 4.69) is 220 Å². The van der Waals surface area contributed by atoms with Gasteiger partial charge in [-0.3, -0.25) is 0 Å². The van der Waals surface area contributed by atoms with E-state index in [1.807, 2.05) is 60.7 Å². The number of hydrogen-bond donors (Lipinski definition) is 0. The van der Waals surface area contributed by atoms with Crippen molar-refractivity contribution in [2.45, 2.75) is 0 Å². The van der Waals surface area contributed by atoms with Gasteiger partial charge in [-0.15, -0.1) is 0 Å². The van der Waals surface area contributed by atoms with Crippen molar-refractivity contribution in [1.29, 1.82) is 0 Å². The molecule has 0 aliphatic rings. The number of fused-ring (bicyclic) bond motifs is 9. The molecule has 0 bridgehead atoms. The van der Waals surface area contributed by atoms with Crippen molar-refractivity contribution in [2.75, 3.05) is 0 Å². The van der Waals surface area contributed by atoms with E-state index in [1.165, 1.54) is 54.4 Å². The zero-order valence-electron chi connectivity index (χ0n) is 40.6. The second kappa shape index (κ2) is 17.3. The average Bonchev–Trinajstić information content (AvgIpc) is 4.13. The van der Waals surface area contributed by atoms with E-state index in [1.54, 1.807) is 0 Å². The van der Waals surface area contributed by atoms with Gasteiger partial charge in [-0.2, -0.15) is 0 Å². The highest BCUT2D eigenvalue weighted by Crippen LogP contribution is 2.42. The molecule has 0 saturated carbocycles. The van der Waals surface area contributed by atoms with Crippen LogP contribution < -0.4 is 0 Å². The summed E-state index contributed by atoms with van der Waals surface area (Å²) in [5.74, 6) is 1.91. The summed E-state index contributed by atoms with van der Waals surface area (Å²) in [4.78, 5) is 15.0. The van der Waals surface area contributed by atoms with Crippen LogP contribution in [0.2, 0.25) is 0 Å². The molecular weight excluding hydrogens is 913 g/mol. The predicted molar refractivity (Wildman–Crippen MR) is 310 cm³/mol. The van der Waals surface area contributed by atoms with Gasteiger partial charge in [0.05, 0.1) is 38.8 Å². The van der Waals surface area contributed by atoms with Crippen molar-refractivity contribution in [3.05, 3.63) is 267 Å². The fraction of sp³-hybridized carbons (Fsp3) is 0. The Kier molecular flexibility index (Phi) is 9.78. The first-order valence-electron chi connectivity index (χ1n) is 25.4. The lowest BCUT2D eigenvalue weighted by Crippen LogP contribution is -2.00. The summed E-state index contributed by atoms with van der Waals surface area (Å²) in [7, 11) is 0. The van der Waals surface area contributed by atoms with Gasteiger partial charge in [0, 0.05) is 65.9 Å². The minimum atomic E-state index is 0.627. The Morgan fingerprint density at radius 3 is 1.16 bits per heavy atom. The van der Waals surface area contributed by atoms with Crippen LogP contribution in [-0.2, 0) is 0 Å². The maximum absolute atomic E-state index is 5.03. The molecule has 0 aliphatic carbocycles. The van der Waals surface area contributed by atoms with Gasteiger partial charge in [-0.25, -0.2) is 15.0 Å². The summed E-state index contributed by atoms with van der Waals surface area (Å²) in [6, 6.07) is 95.6. The summed E-state index contributed by atoms with van der Waals surface area (Å²) in [6.07, 6.45) is 0. The molecule has 11 aromatic carbocycles. The standard InChI is InChI=1S/C69H44N6/c1-4-18-46(19-5-1)67-70-68(47-20-6-2-7-21-47)72-69(71-67)48-34-32-45(33-35-48)49-36-40-64(75-62-30-16-12-26-55(62)56-27-13-17-31-63(56)75)58(42-49)50-37-41-65-59(43-50)57-39-38-52(44-66(57)73(65)51-22-8-3-9-23-51)74-60-28-14-10-24-53(60)54-25-11-15-29-61(54)74/h1-44H. The highest BCUT2D eigenvalue weighted by molar-refractivity contribution is 6.14. The topological polar surface area (TPSA) is 53.5 Å². The second-order valence-corrected chi connectivity index (χ2v) is 19.2. The first-order valence-corrected chi connectivity index (χ1v) is 25.4. The van der Waals surface area contributed by atoms with Crippen molar-refractivity contribution in [1.82, 2.24) is 28.7 Å². The Labute approximate surface area is 432 Å². The van der Waals surface area contributed by atoms with Crippen LogP contribution in [0.4, 0.5) is 0 Å². The summed E-state index contributed by atoms with van der Waals surface area (Å²) in [5.41, 5.74) is 17.6. The maximum Gasteiger partial charge on any atom is 0.164 e.